The van der Waals surface area contributed by atoms with Gasteiger partial charge in [0.05, 0.1) is 21.9 Å². The number of hydrogen-bond donors (Lipinski definition) is 4. The van der Waals surface area contributed by atoms with Crippen molar-refractivity contribution in [2.24, 2.45) is 11.5 Å². The average Bonchev–Trinajstić information content (AvgIpc) is 3.63. The molecule has 2 heterocycles. The number of halogens is 8. The number of phenols is 2. The Bertz CT molecular complexity index is 2830. The maximum absolute atomic E-state index is 16.6. The first kappa shape index (κ1) is 41.9. The van der Waals surface area contributed by atoms with Gasteiger partial charge in [0.2, 0.25) is 11.8 Å². The molecule has 0 saturated heterocycles. The molecule has 0 aliphatic carbocycles. The van der Waals surface area contributed by atoms with Gasteiger partial charge >= 0.3 is 0 Å². The largest absolute Gasteiger partial charge is 0.503 e. The molecule has 0 aliphatic heterocycles. The molecule has 0 radical (unpaired) electrons. The molecule has 0 saturated carbocycles. The van der Waals surface area contributed by atoms with E-state index in [0.717, 1.165) is 26.0 Å². The summed E-state index contributed by atoms with van der Waals surface area (Å²) in [6.45, 7) is 4.86. The van der Waals surface area contributed by atoms with Gasteiger partial charge in [-0.05, 0) is 63.1 Å². The lowest BCUT2D eigenvalue weighted by Gasteiger charge is -2.47. The van der Waals surface area contributed by atoms with Crippen molar-refractivity contribution in [2.75, 3.05) is 0 Å². The molecule has 2 atom stereocenters. The summed E-state index contributed by atoms with van der Waals surface area (Å²) in [5, 5.41) is 19.4. The van der Waals surface area contributed by atoms with Crippen LogP contribution >= 0.6 is 0 Å². The number of fused-ring (bicyclic) bond motifs is 2. The molecule has 6 rings (SSSR count). The molecule has 0 spiro atoms. The number of aromatic nitrogens is 2. The van der Waals surface area contributed by atoms with Crippen molar-refractivity contribution in [1.82, 2.24) is 9.13 Å². The minimum absolute atomic E-state index is 0.177. The van der Waals surface area contributed by atoms with Gasteiger partial charge in [0.15, 0.2) is 58.0 Å². The number of nitrogens with zero attached hydrogens (tertiary/aromatic N) is 2. The molecule has 308 valence electrons. The molecule has 6 N–H and O–H groups in total. The van der Waals surface area contributed by atoms with Crippen LogP contribution in [0.2, 0.25) is 0 Å². The van der Waals surface area contributed by atoms with E-state index >= 15 is 17.6 Å². The van der Waals surface area contributed by atoms with Gasteiger partial charge in [0, 0.05) is 56.5 Å². The lowest BCUT2D eigenvalue weighted by atomic mass is 9.52. The second-order valence-electron chi connectivity index (χ2n) is 13.9. The van der Waals surface area contributed by atoms with Crippen molar-refractivity contribution in [3.05, 3.63) is 129 Å². The molecule has 18 heteroatoms. The average molecular weight is 829 g/mol. The number of amides is 2. The van der Waals surface area contributed by atoms with E-state index in [1.807, 2.05) is 0 Å². The Kier molecular flexibility index (Phi) is 10.4. The van der Waals surface area contributed by atoms with E-state index in [1.54, 1.807) is 0 Å². The number of hydrogen-bond acceptors (Lipinski definition) is 6. The first-order valence-electron chi connectivity index (χ1n) is 17.7. The van der Waals surface area contributed by atoms with Gasteiger partial charge in [-0.3, -0.25) is 28.3 Å². The highest BCUT2D eigenvalue weighted by atomic mass is 19.2. The summed E-state index contributed by atoms with van der Waals surface area (Å²) in [6, 6.07) is 4.75. The van der Waals surface area contributed by atoms with Crippen LogP contribution in [0.1, 0.15) is 76.3 Å². The first-order chi connectivity index (χ1) is 27.7. The van der Waals surface area contributed by atoms with Crippen LogP contribution in [0.5, 0.6) is 11.5 Å². The van der Waals surface area contributed by atoms with Crippen LogP contribution in [-0.4, -0.2) is 43.0 Å². The fraction of sp³-hybridized carbons (Fsp3) is 0.220. The second kappa shape index (κ2) is 14.6. The number of primary amides is 2. The van der Waals surface area contributed by atoms with Crippen LogP contribution in [0.15, 0.2) is 48.5 Å². The van der Waals surface area contributed by atoms with Crippen LogP contribution in [0, 0.1) is 60.4 Å². The lowest BCUT2D eigenvalue weighted by molar-refractivity contribution is -0.136. The van der Waals surface area contributed by atoms with E-state index in [2.05, 4.69) is 0 Å². The van der Waals surface area contributed by atoms with Gasteiger partial charge in [0.25, 0.3) is 11.8 Å². The topological polar surface area (TPSA) is 171 Å². The van der Waals surface area contributed by atoms with Crippen molar-refractivity contribution in [3.63, 3.8) is 0 Å². The van der Waals surface area contributed by atoms with E-state index in [1.165, 1.54) is 13.8 Å². The zero-order chi connectivity index (χ0) is 43.8. The molecule has 6 aromatic rings. The summed E-state index contributed by atoms with van der Waals surface area (Å²) in [5.74, 6) is -21.5. The molecule has 4 aromatic carbocycles. The monoisotopic (exact) mass is 828 g/mol. The lowest BCUT2D eigenvalue weighted by Crippen LogP contribution is -2.63. The number of benzene rings is 4. The normalized spacial score (nSPS) is 13.8. The Labute approximate surface area is 328 Å². The van der Waals surface area contributed by atoms with E-state index in [-0.39, 0.29) is 6.42 Å². The Balaban J connectivity index is 1.87. The van der Waals surface area contributed by atoms with Gasteiger partial charge in [0.1, 0.15) is 0 Å². The van der Waals surface area contributed by atoms with Crippen molar-refractivity contribution >= 4 is 45.4 Å². The summed E-state index contributed by atoms with van der Waals surface area (Å²) in [4.78, 5) is 57.5. The van der Waals surface area contributed by atoms with Gasteiger partial charge in [-0.25, -0.2) is 35.1 Å². The summed E-state index contributed by atoms with van der Waals surface area (Å²) in [5.41, 5.74) is 1.76. The number of nitrogens with two attached hydrogens (primary N) is 2. The molecule has 2 amide bonds. The van der Waals surface area contributed by atoms with E-state index in [4.69, 9.17) is 11.5 Å². The van der Waals surface area contributed by atoms with Gasteiger partial charge in [-0.2, -0.15) is 0 Å². The number of carbonyl (C=O) groups is 4. The van der Waals surface area contributed by atoms with Crippen molar-refractivity contribution < 1.29 is 64.5 Å². The number of aromatic hydroxyl groups is 2. The quantitative estimate of drug-likeness (QED) is 0.104. The number of rotatable bonds is 10. The van der Waals surface area contributed by atoms with E-state index in [9.17, 15) is 47.0 Å². The van der Waals surface area contributed by atoms with Crippen molar-refractivity contribution in [1.29, 1.82) is 0 Å². The molecule has 0 bridgehead atoms. The second-order valence-corrected chi connectivity index (χ2v) is 13.9. The van der Waals surface area contributed by atoms with Crippen molar-refractivity contribution in [2.45, 2.75) is 57.8 Å². The summed E-state index contributed by atoms with van der Waals surface area (Å²) in [6.07, 6.45) is -1.56. The molecule has 10 nitrogen and oxygen atoms in total. The zero-order valence-corrected chi connectivity index (χ0v) is 31.3. The fourth-order valence-electron chi connectivity index (χ4n) is 8.64. The van der Waals surface area contributed by atoms with Crippen LogP contribution in [0.4, 0.5) is 35.1 Å². The van der Waals surface area contributed by atoms with E-state index in [0.29, 0.717) is 45.5 Å². The van der Waals surface area contributed by atoms with Gasteiger partial charge in [-0.1, -0.05) is 20.3 Å². The molecule has 59 heavy (non-hydrogen) atoms. The number of phenolic OH excluding ortho intramolecular Hbond substituents is 2. The zero-order valence-electron chi connectivity index (χ0n) is 31.3. The highest BCUT2D eigenvalue weighted by Crippen LogP contribution is 2.57. The highest BCUT2D eigenvalue weighted by Gasteiger charge is 2.63. The van der Waals surface area contributed by atoms with E-state index < -0.39 is 161 Å². The molecule has 0 fully saturated rings. The summed E-state index contributed by atoms with van der Waals surface area (Å²) < 4.78 is 122. The number of carbonyl (C=O) groups excluding carboxylic acids is 4. The third kappa shape index (κ3) is 5.74. The van der Waals surface area contributed by atoms with Crippen LogP contribution in [0.3, 0.4) is 0 Å². The first-order valence-corrected chi connectivity index (χ1v) is 17.7. The van der Waals surface area contributed by atoms with Gasteiger partial charge < -0.3 is 21.7 Å². The fourth-order valence-corrected chi connectivity index (χ4v) is 8.64. The maximum atomic E-state index is 16.6. The van der Waals surface area contributed by atoms with Crippen LogP contribution in [0.25, 0.3) is 21.8 Å². The molecular weight excluding hydrogens is 796 g/mol. The predicted octanol–water partition coefficient (Wildman–Crippen LogP) is 7.47. The minimum atomic E-state index is -2.85. The van der Waals surface area contributed by atoms with Gasteiger partial charge in [-0.15, -0.1) is 0 Å². The Morgan fingerprint density at radius 2 is 0.949 bits per heavy atom. The maximum Gasteiger partial charge on any atom is 0.262 e. The standard InChI is InChI=1S/C41H32F8N4O6/c1-5-11-41(39(51)59,31-17(4)53(27-15-25(47)35(55)33(49)29(27)31)37(57)19-8-10-21(43)23(45)13-19)40(6-2,38(50)58)30-16(3)52(26-14-24(46)34(54)32(48)28(26)30)36(56)18-7-9-20(42)22(44)12-18/h7-10,12-15,54-55H,5-6,11H2,1-4H3,(H2,50,58)(H2,51,59). The molecule has 2 aromatic heterocycles. The Morgan fingerprint density at radius 3 is 1.27 bits per heavy atom. The van der Waals surface area contributed by atoms with Crippen LogP contribution in [-0.2, 0) is 20.4 Å². The van der Waals surface area contributed by atoms with Crippen LogP contribution < -0.4 is 11.5 Å². The summed E-state index contributed by atoms with van der Waals surface area (Å²) >= 11 is 0. The highest BCUT2D eigenvalue weighted by molar-refractivity contribution is 6.12. The molecule has 0 aliphatic rings. The third-order valence-electron chi connectivity index (χ3n) is 11.0. The predicted molar refractivity (Wildman–Crippen MR) is 196 cm³/mol. The molecular formula is C41H32F8N4O6. The molecule has 2 unspecified atom stereocenters. The Hall–Kier alpha value is -6.72. The third-order valence-corrected chi connectivity index (χ3v) is 11.0. The SMILES string of the molecule is CCCC(C(N)=O)(c1c(C)n(C(=O)c2ccc(F)c(F)c2)c2cc(F)c(O)c(F)c12)C(CC)(C(N)=O)c1c(C)n(C(=O)c2ccc(F)c(F)c2)c2cc(F)c(O)c(F)c12. The van der Waals surface area contributed by atoms with Crippen molar-refractivity contribution in [3.8, 4) is 11.5 Å². The summed E-state index contributed by atoms with van der Waals surface area (Å²) in [7, 11) is 0. The Morgan fingerprint density at radius 1 is 0.576 bits per heavy atom. The minimum Gasteiger partial charge on any atom is -0.503 e. The smallest absolute Gasteiger partial charge is 0.262 e.